The van der Waals surface area contributed by atoms with Crippen LogP contribution in [0.2, 0.25) is 0 Å². The second kappa shape index (κ2) is 6.90. The van der Waals surface area contributed by atoms with Gasteiger partial charge in [0.1, 0.15) is 0 Å². The fourth-order valence-electron chi connectivity index (χ4n) is 3.89. The second-order valence-electron chi connectivity index (χ2n) is 7.26. The van der Waals surface area contributed by atoms with Crippen LogP contribution in [0.1, 0.15) is 21.5 Å². The SMILES string of the molecule is Cc1ccc(Cn2c3cc(-c4cccs4)c[c]c3c3c(C(N)=O)cccc32)cc1. The Hall–Kier alpha value is -3.37. The van der Waals surface area contributed by atoms with Gasteiger partial charge in [0, 0.05) is 27.8 Å². The van der Waals surface area contributed by atoms with Crippen LogP contribution in [-0.4, -0.2) is 10.5 Å². The van der Waals surface area contributed by atoms with E-state index in [0.717, 1.165) is 27.4 Å². The maximum Gasteiger partial charge on any atom is 0.249 e. The molecule has 5 rings (SSSR count). The maximum atomic E-state index is 12.1. The fourth-order valence-corrected chi connectivity index (χ4v) is 4.61. The van der Waals surface area contributed by atoms with Crippen LogP contribution in [0.4, 0.5) is 0 Å². The van der Waals surface area contributed by atoms with E-state index in [-0.39, 0.29) is 0 Å². The Bertz CT molecular complexity index is 1350. The summed E-state index contributed by atoms with van der Waals surface area (Å²) in [6, 6.07) is 26.1. The van der Waals surface area contributed by atoms with Gasteiger partial charge in [0.15, 0.2) is 0 Å². The number of hydrogen-bond acceptors (Lipinski definition) is 2. The van der Waals surface area contributed by atoms with E-state index in [1.165, 1.54) is 16.0 Å². The number of amides is 1. The number of rotatable bonds is 4. The third-order valence-electron chi connectivity index (χ3n) is 5.33. The third-order valence-corrected chi connectivity index (χ3v) is 6.25. The first-order chi connectivity index (χ1) is 14.1. The summed E-state index contributed by atoms with van der Waals surface area (Å²) in [6.45, 7) is 2.80. The number of nitrogens with two attached hydrogens (primary N) is 1. The number of hydrogen-bond donors (Lipinski definition) is 1. The molecule has 0 aliphatic heterocycles. The standard InChI is InChI=1S/C25H19N2OS/c1-16-7-9-17(10-8-16)15-27-21-5-2-4-20(25(26)28)24(21)19-12-11-18(14-22(19)27)23-6-3-13-29-23/h2-11,13-14H,15H2,1H3,(H2,26,28). The molecule has 0 atom stereocenters. The molecule has 0 fully saturated rings. The highest BCUT2D eigenvalue weighted by molar-refractivity contribution is 7.13. The molecule has 0 aliphatic rings. The summed E-state index contributed by atoms with van der Waals surface area (Å²) in [6.07, 6.45) is 0. The van der Waals surface area contributed by atoms with Gasteiger partial charge >= 0.3 is 0 Å². The zero-order chi connectivity index (χ0) is 20.0. The first-order valence-electron chi connectivity index (χ1n) is 9.48. The van der Waals surface area contributed by atoms with Crippen molar-refractivity contribution in [3.63, 3.8) is 0 Å². The van der Waals surface area contributed by atoms with Crippen LogP contribution in [0.25, 0.3) is 32.2 Å². The summed E-state index contributed by atoms with van der Waals surface area (Å²) >= 11 is 1.71. The van der Waals surface area contributed by atoms with Gasteiger partial charge in [-0.15, -0.1) is 11.3 Å². The number of aryl methyl sites for hydroxylation is 1. The Morgan fingerprint density at radius 3 is 2.62 bits per heavy atom. The van der Waals surface area contributed by atoms with E-state index in [1.807, 2.05) is 12.1 Å². The van der Waals surface area contributed by atoms with Crippen molar-refractivity contribution in [3.05, 3.63) is 94.9 Å². The van der Waals surface area contributed by atoms with Crippen molar-refractivity contribution < 1.29 is 4.79 Å². The highest BCUT2D eigenvalue weighted by Gasteiger charge is 2.17. The minimum absolute atomic E-state index is 0.416. The van der Waals surface area contributed by atoms with E-state index in [9.17, 15) is 4.79 Å². The van der Waals surface area contributed by atoms with Crippen molar-refractivity contribution in [1.82, 2.24) is 4.57 Å². The van der Waals surface area contributed by atoms with Crippen LogP contribution in [0.15, 0.2) is 72.1 Å². The number of fused-ring (bicyclic) bond motifs is 3. The predicted molar refractivity (Wildman–Crippen MR) is 120 cm³/mol. The molecule has 2 heterocycles. The molecule has 1 radical (unpaired) electrons. The van der Waals surface area contributed by atoms with Crippen molar-refractivity contribution in [1.29, 1.82) is 0 Å². The van der Waals surface area contributed by atoms with Crippen LogP contribution < -0.4 is 5.73 Å². The van der Waals surface area contributed by atoms with Gasteiger partial charge in [0.2, 0.25) is 5.91 Å². The Labute approximate surface area is 173 Å². The first-order valence-corrected chi connectivity index (χ1v) is 10.4. The molecule has 0 spiro atoms. The molecule has 0 unspecified atom stereocenters. The Balaban J connectivity index is 1.81. The zero-order valence-corrected chi connectivity index (χ0v) is 16.8. The lowest BCUT2D eigenvalue weighted by atomic mass is 10.0. The molecule has 3 aromatic carbocycles. The number of carbonyl (C=O) groups is 1. The normalized spacial score (nSPS) is 11.3. The molecule has 2 aromatic heterocycles. The molecule has 0 saturated heterocycles. The third kappa shape index (κ3) is 3.02. The van der Waals surface area contributed by atoms with Gasteiger partial charge in [0.05, 0.1) is 11.0 Å². The van der Waals surface area contributed by atoms with Gasteiger partial charge in [-0.1, -0.05) is 42.0 Å². The lowest BCUT2D eigenvalue weighted by molar-refractivity contribution is 0.100. The van der Waals surface area contributed by atoms with Gasteiger partial charge in [-0.3, -0.25) is 4.79 Å². The van der Waals surface area contributed by atoms with E-state index in [4.69, 9.17) is 5.73 Å². The van der Waals surface area contributed by atoms with Crippen molar-refractivity contribution >= 4 is 39.0 Å². The highest BCUT2D eigenvalue weighted by atomic mass is 32.1. The average Bonchev–Trinajstić information content (AvgIpc) is 3.36. The van der Waals surface area contributed by atoms with Crippen molar-refractivity contribution in [2.24, 2.45) is 5.73 Å². The molecule has 0 aliphatic carbocycles. The topological polar surface area (TPSA) is 48.0 Å². The Kier molecular flexibility index (Phi) is 4.22. The summed E-state index contributed by atoms with van der Waals surface area (Å²) in [5.41, 5.74) is 11.9. The fraction of sp³-hybridized carbons (Fsp3) is 0.0800. The summed E-state index contributed by atoms with van der Waals surface area (Å²) in [5.74, 6) is -0.416. The second-order valence-corrected chi connectivity index (χ2v) is 8.21. The van der Waals surface area contributed by atoms with Crippen LogP contribution in [0.5, 0.6) is 0 Å². The molecule has 2 N–H and O–H groups in total. The van der Waals surface area contributed by atoms with Crippen LogP contribution in [-0.2, 0) is 6.54 Å². The van der Waals surface area contributed by atoms with Crippen molar-refractivity contribution in [2.45, 2.75) is 13.5 Å². The minimum Gasteiger partial charge on any atom is -0.366 e. The Morgan fingerprint density at radius 1 is 1.07 bits per heavy atom. The molecule has 29 heavy (non-hydrogen) atoms. The van der Waals surface area contributed by atoms with E-state index in [2.05, 4.69) is 71.5 Å². The number of carbonyl (C=O) groups excluding carboxylic acids is 1. The summed E-state index contributed by atoms with van der Waals surface area (Å²) in [7, 11) is 0. The highest BCUT2D eigenvalue weighted by Crippen LogP contribution is 2.35. The summed E-state index contributed by atoms with van der Waals surface area (Å²) < 4.78 is 2.26. The lowest BCUT2D eigenvalue weighted by Crippen LogP contribution is -2.11. The van der Waals surface area contributed by atoms with Crippen molar-refractivity contribution in [3.8, 4) is 10.4 Å². The van der Waals surface area contributed by atoms with E-state index < -0.39 is 5.91 Å². The maximum absolute atomic E-state index is 12.1. The predicted octanol–water partition coefficient (Wildman–Crippen LogP) is 5.78. The first kappa shape index (κ1) is 17.7. The average molecular weight is 396 g/mol. The van der Waals surface area contributed by atoms with Gasteiger partial charge in [-0.05, 0) is 59.8 Å². The van der Waals surface area contributed by atoms with E-state index in [0.29, 0.717) is 12.1 Å². The molecule has 3 nitrogen and oxygen atoms in total. The molecular formula is C25H19N2OS. The number of thiophene rings is 1. The molecule has 141 valence electrons. The summed E-state index contributed by atoms with van der Waals surface area (Å²) in [5, 5.41) is 3.88. The van der Waals surface area contributed by atoms with E-state index >= 15 is 0 Å². The van der Waals surface area contributed by atoms with Crippen LogP contribution >= 0.6 is 11.3 Å². The van der Waals surface area contributed by atoms with Crippen LogP contribution in [0, 0.1) is 13.0 Å². The smallest absolute Gasteiger partial charge is 0.249 e. The number of nitrogens with zero attached hydrogens (tertiary/aromatic N) is 1. The quantitative estimate of drug-likeness (QED) is 0.412. The molecule has 4 heteroatoms. The lowest BCUT2D eigenvalue weighted by Gasteiger charge is -2.09. The molecule has 0 saturated carbocycles. The molecule has 1 amide bonds. The summed E-state index contributed by atoms with van der Waals surface area (Å²) in [4.78, 5) is 13.3. The minimum atomic E-state index is -0.416. The zero-order valence-electron chi connectivity index (χ0n) is 16.0. The van der Waals surface area contributed by atoms with Gasteiger partial charge in [-0.25, -0.2) is 0 Å². The van der Waals surface area contributed by atoms with Gasteiger partial charge < -0.3 is 10.3 Å². The Morgan fingerprint density at radius 2 is 1.90 bits per heavy atom. The molecule has 0 bridgehead atoms. The molecule has 5 aromatic rings. The largest absolute Gasteiger partial charge is 0.366 e. The number of aromatic nitrogens is 1. The number of primary amides is 1. The van der Waals surface area contributed by atoms with Crippen molar-refractivity contribution in [2.75, 3.05) is 0 Å². The van der Waals surface area contributed by atoms with Gasteiger partial charge in [0.25, 0.3) is 0 Å². The van der Waals surface area contributed by atoms with Crippen LogP contribution in [0.3, 0.4) is 0 Å². The number of benzene rings is 3. The monoisotopic (exact) mass is 395 g/mol. The van der Waals surface area contributed by atoms with E-state index in [1.54, 1.807) is 17.4 Å². The molecular weight excluding hydrogens is 376 g/mol. The van der Waals surface area contributed by atoms with Gasteiger partial charge in [-0.2, -0.15) is 0 Å².